The van der Waals surface area contributed by atoms with E-state index in [-0.39, 0.29) is 4.65 Å². The van der Waals surface area contributed by atoms with Gasteiger partial charge in [-0.3, -0.25) is 0 Å². The van der Waals surface area contributed by atoms with Crippen LogP contribution in [-0.4, -0.2) is 24.8 Å². The quantitative estimate of drug-likeness (QED) is 0.345. The highest BCUT2D eigenvalue weighted by molar-refractivity contribution is 5.22. The minimum atomic E-state index is -0.140. The summed E-state index contributed by atoms with van der Waals surface area (Å²) >= 11 is 0. The van der Waals surface area contributed by atoms with Crippen molar-refractivity contribution < 1.29 is 4.65 Å². The van der Waals surface area contributed by atoms with Crippen molar-refractivity contribution in [2.24, 2.45) is 0 Å². The minimum absolute atomic E-state index is 0.140. The molecule has 1 atom stereocenters. The Bertz CT molecular complexity index is 356. The maximum atomic E-state index is 11.9. The molecule has 0 spiro atoms. The van der Waals surface area contributed by atoms with Gasteiger partial charge in [0, 0.05) is 6.42 Å². The van der Waals surface area contributed by atoms with Crippen LogP contribution in [0.4, 0.5) is 0 Å². The molecule has 1 rings (SSSR count). The molecule has 2 nitrogen and oxygen atoms in total. The predicted molar refractivity (Wildman–Crippen MR) is 87.6 cm³/mol. The molecule has 0 N–H and O–H groups in total. The number of benzene rings is 1. The Balaban J connectivity index is 2.29. The fourth-order valence-corrected chi connectivity index (χ4v) is 2.33. The van der Waals surface area contributed by atoms with Gasteiger partial charge in [-0.15, -0.1) is 0 Å². The molecule has 114 valence electrons. The van der Waals surface area contributed by atoms with Gasteiger partial charge in [-0.25, -0.2) is 0 Å². The summed E-state index contributed by atoms with van der Waals surface area (Å²) < 4.78 is -0.140. The molecular formula is C18H31NO. The van der Waals surface area contributed by atoms with Gasteiger partial charge in [-0.05, 0) is 30.9 Å². The SMILES string of the molecule is CCCCCCCc1ccc(CC[N+](C)([O-])CC)cc1. The van der Waals surface area contributed by atoms with E-state index in [1.54, 1.807) is 7.05 Å². The number of rotatable bonds is 10. The zero-order valence-electron chi connectivity index (χ0n) is 13.5. The Morgan fingerprint density at radius 1 is 0.850 bits per heavy atom. The van der Waals surface area contributed by atoms with E-state index < -0.39 is 0 Å². The lowest BCUT2D eigenvalue weighted by molar-refractivity contribution is -0.858. The van der Waals surface area contributed by atoms with Crippen LogP contribution in [0.25, 0.3) is 0 Å². The van der Waals surface area contributed by atoms with E-state index in [9.17, 15) is 5.21 Å². The molecule has 0 aliphatic heterocycles. The number of likely N-dealkylation sites (N-methyl/N-ethyl adjacent to an activating group) is 1. The highest BCUT2D eigenvalue weighted by Crippen LogP contribution is 2.12. The topological polar surface area (TPSA) is 23.1 Å². The second-order valence-corrected chi connectivity index (χ2v) is 6.07. The molecule has 0 radical (unpaired) electrons. The molecule has 0 bridgehead atoms. The van der Waals surface area contributed by atoms with E-state index >= 15 is 0 Å². The predicted octanol–water partition coefficient (Wildman–Crippen LogP) is 4.71. The summed E-state index contributed by atoms with van der Waals surface area (Å²) in [5.41, 5.74) is 2.72. The third-order valence-corrected chi connectivity index (χ3v) is 4.13. The van der Waals surface area contributed by atoms with Gasteiger partial charge in [0.15, 0.2) is 0 Å². The lowest BCUT2D eigenvalue weighted by Crippen LogP contribution is -2.38. The summed E-state index contributed by atoms with van der Waals surface area (Å²) in [6.45, 7) is 5.53. The summed E-state index contributed by atoms with van der Waals surface area (Å²) in [5, 5.41) is 11.9. The number of nitrogens with zero attached hydrogens (tertiary/aromatic N) is 1. The second-order valence-electron chi connectivity index (χ2n) is 6.07. The van der Waals surface area contributed by atoms with Crippen molar-refractivity contribution in [3.8, 4) is 0 Å². The summed E-state index contributed by atoms with van der Waals surface area (Å²) in [6, 6.07) is 8.85. The summed E-state index contributed by atoms with van der Waals surface area (Å²) in [7, 11) is 1.75. The van der Waals surface area contributed by atoms with Crippen LogP contribution in [0, 0.1) is 5.21 Å². The Hall–Kier alpha value is -0.860. The number of hydrogen-bond donors (Lipinski definition) is 0. The third-order valence-electron chi connectivity index (χ3n) is 4.13. The molecule has 0 heterocycles. The van der Waals surface area contributed by atoms with Gasteiger partial charge in [0.25, 0.3) is 0 Å². The van der Waals surface area contributed by atoms with Crippen LogP contribution >= 0.6 is 0 Å². The third kappa shape index (κ3) is 7.06. The average molecular weight is 277 g/mol. The number of aryl methyl sites for hydroxylation is 1. The van der Waals surface area contributed by atoms with Gasteiger partial charge >= 0.3 is 0 Å². The molecule has 0 aliphatic rings. The normalized spacial score (nSPS) is 14.2. The van der Waals surface area contributed by atoms with Crippen LogP contribution in [-0.2, 0) is 12.8 Å². The largest absolute Gasteiger partial charge is 0.633 e. The number of quaternary nitrogens is 1. The summed E-state index contributed by atoms with van der Waals surface area (Å²) in [5.74, 6) is 0. The number of hydrogen-bond acceptors (Lipinski definition) is 1. The standard InChI is InChI=1S/C18H31NO/c1-4-6-7-8-9-10-17-11-13-18(14-12-17)15-16-19(3,20)5-2/h11-14H,4-10,15-16H2,1-3H3. The Labute approximate surface area is 125 Å². The van der Waals surface area contributed by atoms with E-state index in [2.05, 4.69) is 31.2 Å². The molecule has 0 aliphatic carbocycles. The van der Waals surface area contributed by atoms with E-state index in [1.807, 2.05) is 6.92 Å². The molecule has 2 heteroatoms. The summed E-state index contributed by atoms with van der Waals surface area (Å²) in [4.78, 5) is 0. The van der Waals surface area contributed by atoms with E-state index in [0.29, 0.717) is 13.1 Å². The minimum Gasteiger partial charge on any atom is -0.633 e. The van der Waals surface area contributed by atoms with Gasteiger partial charge < -0.3 is 9.85 Å². The lowest BCUT2D eigenvalue weighted by Gasteiger charge is -2.37. The van der Waals surface area contributed by atoms with Crippen molar-refractivity contribution in [3.63, 3.8) is 0 Å². The van der Waals surface area contributed by atoms with Crippen molar-refractivity contribution in [3.05, 3.63) is 40.6 Å². The molecule has 1 aromatic rings. The molecule has 0 amide bonds. The fraction of sp³-hybridized carbons (Fsp3) is 0.667. The van der Waals surface area contributed by atoms with Crippen molar-refractivity contribution in [1.82, 2.24) is 0 Å². The average Bonchev–Trinajstić information content (AvgIpc) is 2.46. The second kappa shape index (κ2) is 9.15. The molecule has 0 saturated heterocycles. The molecule has 0 aromatic heterocycles. The van der Waals surface area contributed by atoms with Crippen molar-refractivity contribution >= 4 is 0 Å². The monoisotopic (exact) mass is 277 g/mol. The van der Waals surface area contributed by atoms with Gasteiger partial charge in [-0.2, -0.15) is 0 Å². The van der Waals surface area contributed by atoms with E-state index in [1.165, 1.54) is 49.7 Å². The van der Waals surface area contributed by atoms with Gasteiger partial charge in [0.05, 0.1) is 20.1 Å². The van der Waals surface area contributed by atoms with Gasteiger partial charge in [0.2, 0.25) is 0 Å². The Kier molecular flexibility index (Phi) is 7.86. The molecule has 1 aromatic carbocycles. The first-order chi connectivity index (χ1) is 9.57. The molecule has 0 fully saturated rings. The van der Waals surface area contributed by atoms with Crippen LogP contribution in [0.15, 0.2) is 24.3 Å². The molecular weight excluding hydrogens is 246 g/mol. The highest BCUT2D eigenvalue weighted by atomic mass is 16.5. The number of hydroxylamine groups is 3. The van der Waals surface area contributed by atoms with E-state index in [4.69, 9.17) is 0 Å². The van der Waals surface area contributed by atoms with Gasteiger partial charge in [-0.1, -0.05) is 56.9 Å². The first-order valence-electron chi connectivity index (χ1n) is 8.20. The zero-order valence-corrected chi connectivity index (χ0v) is 13.5. The van der Waals surface area contributed by atoms with Crippen molar-refractivity contribution in [1.29, 1.82) is 0 Å². The van der Waals surface area contributed by atoms with Crippen LogP contribution < -0.4 is 0 Å². The molecule has 0 saturated carbocycles. The Morgan fingerprint density at radius 2 is 1.40 bits per heavy atom. The van der Waals surface area contributed by atoms with Gasteiger partial charge in [0.1, 0.15) is 0 Å². The van der Waals surface area contributed by atoms with Crippen molar-refractivity contribution in [2.75, 3.05) is 20.1 Å². The first-order valence-corrected chi connectivity index (χ1v) is 8.20. The van der Waals surface area contributed by atoms with Crippen LogP contribution in [0.1, 0.15) is 57.1 Å². The fourth-order valence-electron chi connectivity index (χ4n) is 2.33. The number of unbranched alkanes of at least 4 members (excludes halogenated alkanes) is 4. The van der Waals surface area contributed by atoms with E-state index in [0.717, 1.165) is 6.42 Å². The molecule has 20 heavy (non-hydrogen) atoms. The maximum absolute atomic E-state index is 11.9. The van der Waals surface area contributed by atoms with Crippen molar-refractivity contribution in [2.45, 2.75) is 58.8 Å². The first kappa shape index (κ1) is 17.2. The van der Waals surface area contributed by atoms with Crippen LogP contribution in [0.5, 0.6) is 0 Å². The maximum Gasteiger partial charge on any atom is 0.0822 e. The Morgan fingerprint density at radius 3 is 1.95 bits per heavy atom. The summed E-state index contributed by atoms with van der Waals surface area (Å²) in [6.07, 6.45) is 8.75. The zero-order chi connectivity index (χ0) is 14.8. The highest BCUT2D eigenvalue weighted by Gasteiger charge is 2.06. The van der Waals surface area contributed by atoms with Crippen LogP contribution in [0.2, 0.25) is 0 Å². The van der Waals surface area contributed by atoms with Crippen LogP contribution in [0.3, 0.4) is 0 Å². The molecule has 1 unspecified atom stereocenters. The lowest BCUT2D eigenvalue weighted by atomic mass is 10.0. The smallest absolute Gasteiger partial charge is 0.0822 e.